The molecule has 1 aliphatic heterocycles. The molecule has 0 spiro atoms. The van der Waals surface area contributed by atoms with Gasteiger partial charge in [-0.2, -0.15) is 0 Å². The zero-order valence-electron chi connectivity index (χ0n) is 17.9. The molecule has 1 aliphatic rings. The van der Waals surface area contributed by atoms with Gasteiger partial charge in [-0.3, -0.25) is 4.79 Å². The van der Waals surface area contributed by atoms with Crippen molar-refractivity contribution in [1.29, 1.82) is 0 Å². The summed E-state index contributed by atoms with van der Waals surface area (Å²) in [4.78, 5) is 14.8. The number of rotatable bonds is 7. The molecule has 3 aromatic rings. The van der Waals surface area contributed by atoms with Gasteiger partial charge in [0.15, 0.2) is 11.5 Å². The molecule has 0 bridgehead atoms. The Kier molecular flexibility index (Phi) is 7.06. The van der Waals surface area contributed by atoms with E-state index >= 15 is 0 Å². The molecule has 0 atom stereocenters. The molecule has 0 aliphatic carbocycles. The number of anilines is 1. The molecule has 32 heavy (non-hydrogen) atoms. The quantitative estimate of drug-likeness (QED) is 0.235. The number of halogens is 2. The van der Waals surface area contributed by atoms with Crippen LogP contribution < -0.4 is 14.4 Å². The maximum atomic E-state index is 13.0. The van der Waals surface area contributed by atoms with Crippen LogP contribution >= 0.6 is 34.2 Å². The van der Waals surface area contributed by atoms with E-state index in [-0.39, 0.29) is 5.91 Å². The van der Waals surface area contributed by atoms with Crippen LogP contribution in [0, 0.1) is 3.57 Å². The summed E-state index contributed by atoms with van der Waals surface area (Å²) in [7, 11) is 0. The normalized spacial score (nSPS) is 14.1. The zero-order valence-corrected chi connectivity index (χ0v) is 20.8. The first kappa shape index (κ1) is 22.7. The second kappa shape index (κ2) is 9.96. The largest absolute Gasteiger partial charge is 0.490 e. The number of amides is 1. The highest BCUT2D eigenvalue weighted by Gasteiger charge is 2.30. The summed E-state index contributed by atoms with van der Waals surface area (Å²) in [5.41, 5.74) is 4.38. The average Bonchev–Trinajstić information content (AvgIpc) is 3.05. The summed E-state index contributed by atoms with van der Waals surface area (Å²) < 4.78 is 12.9. The molecule has 1 amide bonds. The number of benzene rings is 3. The molecule has 0 radical (unpaired) electrons. The van der Waals surface area contributed by atoms with E-state index in [1.54, 1.807) is 4.90 Å². The monoisotopic (exact) mass is 559 g/mol. The third-order valence-corrected chi connectivity index (χ3v) is 6.42. The highest BCUT2D eigenvalue weighted by molar-refractivity contribution is 14.1. The average molecular weight is 560 g/mol. The van der Waals surface area contributed by atoms with Gasteiger partial charge in [0.1, 0.15) is 6.61 Å². The van der Waals surface area contributed by atoms with Gasteiger partial charge in [0.2, 0.25) is 0 Å². The van der Waals surface area contributed by atoms with Gasteiger partial charge < -0.3 is 14.4 Å². The molecular weight excluding hydrogens is 537 g/mol. The second-order valence-corrected chi connectivity index (χ2v) is 8.84. The van der Waals surface area contributed by atoms with Crippen LogP contribution in [0.3, 0.4) is 0 Å². The number of likely N-dealkylation sites (N-methyl/N-ethyl adjacent to an activating group) is 1. The van der Waals surface area contributed by atoms with Crippen LogP contribution in [0.2, 0.25) is 5.02 Å². The van der Waals surface area contributed by atoms with Crippen molar-refractivity contribution in [3.05, 3.63) is 85.9 Å². The van der Waals surface area contributed by atoms with Gasteiger partial charge in [-0.05, 0) is 72.3 Å². The zero-order chi connectivity index (χ0) is 22.7. The predicted molar refractivity (Wildman–Crippen MR) is 138 cm³/mol. The molecule has 0 fully saturated rings. The van der Waals surface area contributed by atoms with Gasteiger partial charge in [-0.1, -0.05) is 48.0 Å². The Balaban J connectivity index is 1.69. The van der Waals surface area contributed by atoms with Crippen LogP contribution in [0.1, 0.15) is 30.5 Å². The number of hydrogen-bond acceptors (Lipinski definition) is 3. The number of ether oxygens (including phenoxy) is 2. The number of para-hydroxylation sites is 1. The fourth-order valence-electron chi connectivity index (χ4n) is 3.77. The Labute approximate surface area is 206 Å². The third-order valence-electron chi connectivity index (χ3n) is 5.25. The fraction of sp³-hybridized carbons (Fsp3) is 0.192. The lowest BCUT2D eigenvalue weighted by atomic mass is 10.0. The van der Waals surface area contributed by atoms with Crippen molar-refractivity contribution in [1.82, 2.24) is 0 Å². The van der Waals surface area contributed by atoms with Gasteiger partial charge in [0, 0.05) is 28.3 Å². The fourth-order valence-corrected chi connectivity index (χ4v) is 4.74. The van der Waals surface area contributed by atoms with E-state index < -0.39 is 0 Å². The van der Waals surface area contributed by atoms with Gasteiger partial charge in [0.25, 0.3) is 5.91 Å². The number of hydrogen-bond donors (Lipinski definition) is 0. The Morgan fingerprint density at radius 1 is 1.03 bits per heavy atom. The number of fused-ring (bicyclic) bond motifs is 1. The molecule has 164 valence electrons. The summed E-state index contributed by atoms with van der Waals surface area (Å²) >= 11 is 8.52. The molecule has 6 heteroatoms. The maximum Gasteiger partial charge on any atom is 0.258 e. The van der Waals surface area contributed by atoms with Crippen LogP contribution in [0.25, 0.3) is 11.6 Å². The van der Waals surface area contributed by atoms with E-state index in [0.29, 0.717) is 41.9 Å². The van der Waals surface area contributed by atoms with Crippen molar-refractivity contribution in [2.24, 2.45) is 0 Å². The van der Waals surface area contributed by atoms with Crippen LogP contribution in [-0.2, 0) is 11.4 Å². The lowest BCUT2D eigenvalue weighted by molar-refractivity contribution is -0.112. The molecule has 0 N–H and O–H groups in total. The van der Waals surface area contributed by atoms with Crippen LogP contribution in [-0.4, -0.2) is 19.1 Å². The second-order valence-electron chi connectivity index (χ2n) is 7.27. The molecule has 0 saturated carbocycles. The van der Waals surface area contributed by atoms with Crippen molar-refractivity contribution in [2.75, 3.05) is 18.1 Å². The Morgan fingerprint density at radius 2 is 1.78 bits per heavy atom. The van der Waals surface area contributed by atoms with E-state index in [9.17, 15) is 4.79 Å². The van der Waals surface area contributed by atoms with Crippen LogP contribution in [0.4, 0.5) is 5.69 Å². The summed E-state index contributed by atoms with van der Waals surface area (Å²) in [6, 6.07) is 19.4. The SMILES string of the molecule is CCOc1cc(/C=C2\C(=O)N(CC)c3ccccc32)cc(I)c1OCc1ccccc1Cl. The lowest BCUT2D eigenvalue weighted by Crippen LogP contribution is -2.25. The number of nitrogens with zero attached hydrogens (tertiary/aromatic N) is 1. The minimum atomic E-state index is 0.0146. The topological polar surface area (TPSA) is 38.8 Å². The molecule has 0 unspecified atom stereocenters. The van der Waals surface area contributed by atoms with Crippen molar-refractivity contribution < 1.29 is 14.3 Å². The van der Waals surface area contributed by atoms with Gasteiger partial charge >= 0.3 is 0 Å². The van der Waals surface area contributed by atoms with E-state index in [4.69, 9.17) is 21.1 Å². The lowest BCUT2D eigenvalue weighted by Gasteiger charge is -2.15. The number of carbonyl (C=O) groups is 1. The van der Waals surface area contributed by atoms with Crippen LogP contribution in [0.15, 0.2) is 60.7 Å². The van der Waals surface area contributed by atoms with E-state index in [0.717, 1.165) is 25.9 Å². The summed E-state index contributed by atoms with van der Waals surface area (Å²) in [6.07, 6.45) is 1.93. The molecule has 4 rings (SSSR count). The minimum Gasteiger partial charge on any atom is -0.490 e. The van der Waals surface area contributed by atoms with Gasteiger partial charge in [0.05, 0.1) is 15.9 Å². The molecule has 1 heterocycles. The maximum absolute atomic E-state index is 13.0. The van der Waals surface area contributed by atoms with Crippen molar-refractivity contribution in [2.45, 2.75) is 20.5 Å². The van der Waals surface area contributed by atoms with Crippen molar-refractivity contribution in [3.8, 4) is 11.5 Å². The van der Waals surface area contributed by atoms with E-state index in [2.05, 4.69) is 22.6 Å². The predicted octanol–water partition coefficient (Wildman–Crippen LogP) is 6.83. The van der Waals surface area contributed by atoms with Gasteiger partial charge in [-0.15, -0.1) is 0 Å². The Bertz CT molecular complexity index is 1190. The van der Waals surface area contributed by atoms with Gasteiger partial charge in [-0.25, -0.2) is 0 Å². The summed E-state index contributed by atoms with van der Waals surface area (Å²) in [5, 5.41) is 0.667. The highest BCUT2D eigenvalue weighted by atomic mass is 127. The third kappa shape index (κ3) is 4.50. The van der Waals surface area contributed by atoms with E-state index in [1.165, 1.54) is 0 Å². The smallest absolute Gasteiger partial charge is 0.258 e. The molecule has 0 saturated heterocycles. The van der Waals surface area contributed by atoms with E-state index in [1.807, 2.05) is 80.6 Å². The summed E-state index contributed by atoms with van der Waals surface area (Å²) in [6.45, 7) is 5.39. The van der Waals surface area contributed by atoms with Crippen molar-refractivity contribution in [3.63, 3.8) is 0 Å². The highest BCUT2D eigenvalue weighted by Crippen LogP contribution is 2.40. The minimum absolute atomic E-state index is 0.0146. The first-order valence-corrected chi connectivity index (χ1v) is 11.9. The Morgan fingerprint density at radius 3 is 2.53 bits per heavy atom. The molecule has 0 aromatic heterocycles. The Hall–Kier alpha value is -2.51. The molecular formula is C26H23ClINO3. The molecule has 4 nitrogen and oxygen atoms in total. The summed E-state index contributed by atoms with van der Waals surface area (Å²) in [5.74, 6) is 1.33. The first-order chi connectivity index (χ1) is 15.5. The number of carbonyl (C=O) groups excluding carboxylic acids is 1. The first-order valence-electron chi connectivity index (χ1n) is 10.5. The van der Waals surface area contributed by atoms with Crippen LogP contribution in [0.5, 0.6) is 11.5 Å². The standard InChI is InChI=1S/C26H23ClINO3/c1-3-29-23-12-8-6-10-19(23)20(26(29)30)13-17-14-22(28)25(24(15-17)31-4-2)32-16-18-9-5-7-11-21(18)27/h5-15H,3-4,16H2,1-2H3/b20-13-. The van der Waals surface area contributed by atoms with Crippen molar-refractivity contribution >= 4 is 57.4 Å². The molecule has 3 aromatic carbocycles.